The maximum atomic E-state index is 12.0. The quantitative estimate of drug-likeness (QED) is 0.760. The van der Waals surface area contributed by atoms with E-state index in [0.29, 0.717) is 18.9 Å². The Balaban J connectivity index is 2.89. The van der Waals surface area contributed by atoms with Crippen LogP contribution >= 0.6 is 0 Å². The first-order chi connectivity index (χ1) is 6.99. The normalized spacial score (nSPS) is 21.8. The van der Waals surface area contributed by atoms with Crippen molar-refractivity contribution in [1.82, 2.24) is 5.01 Å². The van der Waals surface area contributed by atoms with E-state index in [1.165, 1.54) is 0 Å². The Labute approximate surface area is 91.5 Å². The number of hydrogen-bond donors (Lipinski definition) is 1. The molecular weight excluding hydrogens is 190 g/mol. The molecule has 2 N–H and O–H groups in total. The van der Waals surface area contributed by atoms with Gasteiger partial charge in [-0.1, -0.05) is 13.8 Å². The maximum absolute atomic E-state index is 12.0. The van der Waals surface area contributed by atoms with Crippen molar-refractivity contribution in [1.29, 1.82) is 0 Å². The number of amides is 1. The van der Waals surface area contributed by atoms with Crippen LogP contribution in [0.5, 0.6) is 0 Å². The summed E-state index contributed by atoms with van der Waals surface area (Å²) < 4.78 is 0. The summed E-state index contributed by atoms with van der Waals surface area (Å²) in [6.45, 7) is 8.63. The van der Waals surface area contributed by atoms with E-state index in [-0.39, 0.29) is 17.9 Å². The Hall–Kier alpha value is -0.900. The van der Waals surface area contributed by atoms with Crippen LogP contribution in [0.1, 0.15) is 34.1 Å². The lowest BCUT2D eigenvalue weighted by atomic mass is 9.92. The van der Waals surface area contributed by atoms with E-state index in [4.69, 9.17) is 5.73 Å². The van der Waals surface area contributed by atoms with Gasteiger partial charge in [-0.15, -0.1) is 0 Å². The van der Waals surface area contributed by atoms with Crippen LogP contribution in [-0.2, 0) is 4.79 Å². The fourth-order valence-electron chi connectivity index (χ4n) is 1.86. The molecule has 0 radical (unpaired) electrons. The number of nitrogens with two attached hydrogens (primary N) is 1. The molecule has 0 saturated carbocycles. The Morgan fingerprint density at radius 3 is 2.40 bits per heavy atom. The van der Waals surface area contributed by atoms with Crippen molar-refractivity contribution in [3.05, 3.63) is 0 Å². The van der Waals surface area contributed by atoms with Crippen LogP contribution in [0.3, 0.4) is 0 Å². The SMILES string of the molecule is CC(C)C1=NN(C(C)C)C(=O)C1CCN. The minimum absolute atomic E-state index is 0.0857. The number of nitrogens with zero attached hydrogens (tertiary/aromatic N) is 2. The average Bonchev–Trinajstić information content (AvgIpc) is 2.45. The van der Waals surface area contributed by atoms with Gasteiger partial charge in [-0.3, -0.25) is 4.79 Å². The van der Waals surface area contributed by atoms with Gasteiger partial charge in [0.2, 0.25) is 0 Å². The highest BCUT2D eigenvalue weighted by Crippen LogP contribution is 2.24. The van der Waals surface area contributed by atoms with Gasteiger partial charge in [0.1, 0.15) is 0 Å². The lowest BCUT2D eigenvalue weighted by Gasteiger charge is -2.17. The van der Waals surface area contributed by atoms with Gasteiger partial charge in [0.25, 0.3) is 5.91 Å². The van der Waals surface area contributed by atoms with E-state index in [9.17, 15) is 4.79 Å². The molecule has 4 heteroatoms. The third-order valence-corrected chi connectivity index (χ3v) is 2.64. The molecule has 1 rings (SSSR count). The first-order valence-corrected chi connectivity index (χ1v) is 5.60. The molecule has 1 unspecified atom stereocenters. The molecule has 86 valence electrons. The third-order valence-electron chi connectivity index (χ3n) is 2.64. The molecule has 0 saturated heterocycles. The fraction of sp³-hybridized carbons (Fsp3) is 0.818. The Morgan fingerprint density at radius 1 is 1.40 bits per heavy atom. The van der Waals surface area contributed by atoms with Gasteiger partial charge in [-0.25, -0.2) is 5.01 Å². The maximum Gasteiger partial charge on any atom is 0.251 e. The summed E-state index contributed by atoms with van der Waals surface area (Å²) >= 11 is 0. The minimum Gasteiger partial charge on any atom is -0.330 e. The van der Waals surface area contributed by atoms with Crippen LogP contribution in [0, 0.1) is 11.8 Å². The van der Waals surface area contributed by atoms with Crippen LogP contribution in [0.25, 0.3) is 0 Å². The molecule has 0 fully saturated rings. The second kappa shape index (κ2) is 4.75. The molecule has 1 heterocycles. The monoisotopic (exact) mass is 211 g/mol. The van der Waals surface area contributed by atoms with E-state index in [2.05, 4.69) is 18.9 Å². The summed E-state index contributed by atoms with van der Waals surface area (Å²) in [5.74, 6) is 0.339. The van der Waals surface area contributed by atoms with E-state index < -0.39 is 0 Å². The molecular formula is C11H21N3O. The first kappa shape index (κ1) is 12.2. The summed E-state index contributed by atoms with van der Waals surface area (Å²) in [7, 11) is 0. The Morgan fingerprint density at radius 2 is 2.00 bits per heavy atom. The van der Waals surface area contributed by atoms with Crippen LogP contribution < -0.4 is 5.73 Å². The number of rotatable bonds is 4. The predicted molar refractivity (Wildman–Crippen MR) is 61.4 cm³/mol. The van der Waals surface area contributed by atoms with Gasteiger partial charge in [-0.05, 0) is 32.7 Å². The number of carbonyl (C=O) groups is 1. The zero-order chi connectivity index (χ0) is 11.6. The van der Waals surface area contributed by atoms with Crippen LogP contribution in [0.2, 0.25) is 0 Å². The first-order valence-electron chi connectivity index (χ1n) is 5.60. The number of hydrogen-bond acceptors (Lipinski definition) is 3. The summed E-state index contributed by atoms with van der Waals surface area (Å²) in [6.07, 6.45) is 0.707. The molecule has 1 aliphatic rings. The van der Waals surface area contributed by atoms with E-state index in [1.54, 1.807) is 5.01 Å². The highest BCUT2D eigenvalue weighted by Gasteiger charge is 2.37. The van der Waals surface area contributed by atoms with Crippen molar-refractivity contribution in [2.75, 3.05) is 6.54 Å². The van der Waals surface area contributed by atoms with Gasteiger partial charge >= 0.3 is 0 Å². The summed E-state index contributed by atoms with van der Waals surface area (Å²) in [5, 5.41) is 6.01. The van der Waals surface area contributed by atoms with Gasteiger partial charge in [0, 0.05) is 6.04 Å². The summed E-state index contributed by atoms with van der Waals surface area (Å²) in [6, 6.07) is 0.133. The van der Waals surface area contributed by atoms with Crippen molar-refractivity contribution >= 4 is 11.6 Å². The van der Waals surface area contributed by atoms with Gasteiger partial charge in [0.15, 0.2) is 0 Å². The molecule has 0 aromatic carbocycles. The van der Waals surface area contributed by atoms with Crippen molar-refractivity contribution < 1.29 is 4.79 Å². The van der Waals surface area contributed by atoms with Crippen molar-refractivity contribution in [3.63, 3.8) is 0 Å². The van der Waals surface area contributed by atoms with Gasteiger partial charge < -0.3 is 5.73 Å². The molecule has 0 spiro atoms. The van der Waals surface area contributed by atoms with Crippen molar-refractivity contribution in [2.45, 2.75) is 40.2 Å². The van der Waals surface area contributed by atoms with Crippen LogP contribution in [0.4, 0.5) is 0 Å². The molecule has 1 aliphatic heterocycles. The highest BCUT2D eigenvalue weighted by atomic mass is 16.2. The standard InChI is InChI=1S/C11H21N3O/c1-7(2)10-9(5-6-12)11(15)14(13-10)8(3)4/h7-9H,5-6,12H2,1-4H3. The molecule has 0 aromatic rings. The second-order valence-electron chi connectivity index (χ2n) is 4.59. The van der Waals surface area contributed by atoms with Crippen molar-refractivity contribution in [2.24, 2.45) is 22.7 Å². The van der Waals surface area contributed by atoms with Gasteiger partial charge in [0.05, 0.1) is 11.6 Å². The van der Waals surface area contributed by atoms with Crippen LogP contribution in [0.15, 0.2) is 5.10 Å². The average molecular weight is 211 g/mol. The Kier molecular flexibility index (Phi) is 3.85. The topological polar surface area (TPSA) is 58.7 Å². The molecule has 1 amide bonds. The molecule has 0 aliphatic carbocycles. The lowest BCUT2D eigenvalue weighted by molar-refractivity contribution is -0.133. The fourth-order valence-corrected chi connectivity index (χ4v) is 1.86. The molecule has 15 heavy (non-hydrogen) atoms. The van der Waals surface area contributed by atoms with E-state index >= 15 is 0 Å². The minimum atomic E-state index is -0.0857. The highest BCUT2D eigenvalue weighted by molar-refractivity contribution is 6.08. The number of hydrazone groups is 1. The summed E-state index contributed by atoms with van der Waals surface area (Å²) in [5.41, 5.74) is 6.51. The number of carbonyl (C=O) groups excluding carboxylic acids is 1. The zero-order valence-corrected chi connectivity index (χ0v) is 10.0. The van der Waals surface area contributed by atoms with Gasteiger partial charge in [-0.2, -0.15) is 5.10 Å². The summed E-state index contributed by atoms with van der Waals surface area (Å²) in [4.78, 5) is 12.0. The zero-order valence-electron chi connectivity index (χ0n) is 10.0. The molecule has 4 nitrogen and oxygen atoms in total. The second-order valence-corrected chi connectivity index (χ2v) is 4.59. The molecule has 0 bridgehead atoms. The van der Waals surface area contributed by atoms with E-state index in [0.717, 1.165) is 5.71 Å². The van der Waals surface area contributed by atoms with Crippen molar-refractivity contribution in [3.8, 4) is 0 Å². The third kappa shape index (κ3) is 2.37. The van der Waals surface area contributed by atoms with Crippen LogP contribution in [-0.4, -0.2) is 29.2 Å². The molecule has 1 atom stereocenters. The van der Waals surface area contributed by atoms with E-state index in [1.807, 2.05) is 13.8 Å². The predicted octanol–water partition coefficient (Wildman–Crippen LogP) is 1.21. The molecule has 0 aromatic heterocycles. The Bertz CT molecular complexity index is 271. The largest absolute Gasteiger partial charge is 0.330 e. The lowest BCUT2D eigenvalue weighted by Crippen LogP contribution is -2.33. The smallest absolute Gasteiger partial charge is 0.251 e.